The minimum absolute atomic E-state index is 0.0424. The van der Waals surface area contributed by atoms with E-state index in [9.17, 15) is 29.1 Å². The number of piperazine rings is 1. The van der Waals surface area contributed by atoms with Crippen LogP contribution in [0.5, 0.6) is 11.5 Å². The fourth-order valence-corrected chi connectivity index (χ4v) is 10.2. The van der Waals surface area contributed by atoms with Gasteiger partial charge in [0.1, 0.15) is 51.6 Å². The van der Waals surface area contributed by atoms with Crippen LogP contribution in [0.3, 0.4) is 0 Å². The molecule has 0 bridgehead atoms. The first kappa shape index (κ1) is 56.0. The first-order valence-corrected chi connectivity index (χ1v) is 26.0. The topological polar surface area (TPSA) is 236 Å². The number of rotatable bonds is 18. The fraction of sp³-hybridized carbons (Fsp3) is 0.423. The molecule has 2 aliphatic rings. The van der Waals surface area contributed by atoms with Crippen LogP contribution in [0.2, 0.25) is 10.0 Å². The highest BCUT2D eigenvalue weighted by molar-refractivity contribution is 7.13. The molecule has 20 nitrogen and oxygen atoms in total. The number of β-amino-alcohol motifs (C(OH)–C–C–N with tert-alkyl or cyclic N) is 1. The van der Waals surface area contributed by atoms with E-state index in [1.54, 1.807) is 17.4 Å². The lowest BCUT2D eigenvalue weighted by Crippen LogP contribution is -2.58. The molecule has 2 aliphatic heterocycles. The zero-order valence-electron chi connectivity index (χ0n) is 43.2. The Kier molecular flexibility index (Phi) is 18.4. The first-order chi connectivity index (χ1) is 35.7. The molecular formula is C52H64Cl2N12O8S. The highest BCUT2D eigenvalue weighted by Crippen LogP contribution is 2.44. The van der Waals surface area contributed by atoms with Crippen molar-refractivity contribution in [3.8, 4) is 21.9 Å². The van der Waals surface area contributed by atoms with E-state index in [1.165, 1.54) is 43.5 Å². The molecule has 2 fully saturated rings. The summed E-state index contributed by atoms with van der Waals surface area (Å²) in [6.45, 7) is 12.1. The molecule has 0 saturated carbocycles. The number of aliphatic hydroxyl groups excluding tert-OH is 1. The maximum Gasteiger partial charge on any atom is 0.327 e. The van der Waals surface area contributed by atoms with E-state index in [0.29, 0.717) is 37.8 Å². The van der Waals surface area contributed by atoms with Crippen LogP contribution in [0.25, 0.3) is 10.4 Å². The molecule has 4 heterocycles. The van der Waals surface area contributed by atoms with Gasteiger partial charge in [0, 0.05) is 82.7 Å². The van der Waals surface area contributed by atoms with Crippen molar-refractivity contribution in [3.63, 3.8) is 0 Å². The van der Waals surface area contributed by atoms with E-state index < -0.39 is 41.4 Å². The summed E-state index contributed by atoms with van der Waals surface area (Å²) >= 11 is 14.5. The maximum atomic E-state index is 14.2. The number of likely N-dealkylation sites (tertiary alicyclic amines) is 1. The molecule has 0 spiro atoms. The van der Waals surface area contributed by atoms with E-state index in [2.05, 4.69) is 51.3 Å². The average molecular weight is 1090 g/mol. The van der Waals surface area contributed by atoms with Crippen molar-refractivity contribution in [3.05, 3.63) is 93.8 Å². The number of aromatic nitrogens is 3. The second-order valence-corrected chi connectivity index (χ2v) is 21.1. The van der Waals surface area contributed by atoms with Crippen molar-refractivity contribution < 1.29 is 38.6 Å². The highest BCUT2D eigenvalue weighted by atomic mass is 35.5. The van der Waals surface area contributed by atoms with Crippen LogP contribution in [-0.4, -0.2) is 145 Å². The molecule has 3 aromatic carbocycles. The molecule has 2 aromatic heterocycles. The minimum Gasteiger partial charge on any atom is -0.495 e. The highest BCUT2D eigenvalue weighted by Gasteiger charge is 2.45. The Bertz CT molecular complexity index is 2810. The Morgan fingerprint density at radius 2 is 1.56 bits per heavy atom. The lowest BCUT2D eigenvalue weighted by molar-refractivity contribution is -0.144. The molecule has 7 rings (SSSR count). The summed E-state index contributed by atoms with van der Waals surface area (Å²) in [6.07, 6.45) is 0.445. The van der Waals surface area contributed by atoms with Crippen LogP contribution in [0.4, 0.5) is 33.5 Å². The molecule has 400 valence electrons. The van der Waals surface area contributed by atoms with Crippen LogP contribution in [0.15, 0.2) is 72.5 Å². The number of aryl methyl sites for hydroxylation is 1. The molecule has 6 N–H and O–H groups in total. The minimum atomic E-state index is -0.995. The number of hydrogen-bond donors (Lipinski definition) is 6. The molecule has 0 radical (unpaired) electrons. The summed E-state index contributed by atoms with van der Waals surface area (Å²) in [5.41, 5.74) is 5.83. The summed E-state index contributed by atoms with van der Waals surface area (Å²) in [6, 6.07) is 16.0. The zero-order valence-corrected chi connectivity index (χ0v) is 45.5. The molecule has 0 aliphatic carbocycles. The second-order valence-electron chi connectivity index (χ2n) is 19.5. The number of carbonyl (C=O) groups is 5. The second kappa shape index (κ2) is 24.7. The molecule has 2 unspecified atom stereocenters. The fourth-order valence-electron chi connectivity index (χ4n) is 8.78. The lowest BCUT2D eigenvalue weighted by atomic mass is 9.85. The number of anilines is 5. The van der Waals surface area contributed by atoms with Crippen molar-refractivity contribution in [2.24, 2.45) is 5.41 Å². The number of halogens is 2. The molecule has 6 amide bonds. The van der Waals surface area contributed by atoms with E-state index >= 15 is 0 Å². The van der Waals surface area contributed by atoms with E-state index in [1.807, 2.05) is 88.7 Å². The van der Waals surface area contributed by atoms with Crippen LogP contribution in [0, 0.1) is 12.3 Å². The molecular weight excluding hydrogens is 1020 g/mol. The average Bonchev–Trinajstić information content (AvgIpc) is 4.02. The molecule has 4 atom stereocenters. The van der Waals surface area contributed by atoms with Crippen molar-refractivity contribution in [1.82, 2.24) is 40.7 Å². The van der Waals surface area contributed by atoms with E-state index in [-0.39, 0.29) is 77.6 Å². The summed E-state index contributed by atoms with van der Waals surface area (Å²) in [5, 5.41) is 25.6. The standard InChI is InChI=1S/C52H64Cl2N12O8S/c1-30(32-9-11-33(12-10-32)47-31(2)58-29-75-47)59-49(70)37-23-36(67)26-66(37)50(71)48(52(3,4)5)61-42(68)17-18-55-43(69)27-64-19-21-65(22-20-64)35-15-13-34(14-16-35)60-40-25-41(57-28-56-40)63(6)51(72)62-46-44(53)38(73-7)24-39(74-8)45(46)54/h9-16,24-25,28-30,36-37,48,67H,17-23,26-27H2,1-8H3,(H,55,69)(H,59,70)(H,61,68)(H,62,72)(H,56,57,60)/t30?,36-,37+,48?/m1/s1. The molecule has 75 heavy (non-hydrogen) atoms. The van der Waals surface area contributed by atoms with Gasteiger partial charge in [-0.05, 0) is 54.7 Å². The quantitative estimate of drug-likeness (QED) is 0.0540. The Balaban J connectivity index is 0.834. The number of benzene rings is 3. The van der Waals surface area contributed by atoms with Gasteiger partial charge >= 0.3 is 6.03 Å². The van der Waals surface area contributed by atoms with Gasteiger partial charge in [-0.3, -0.25) is 29.0 Å². The van der Waals surface area contributed by atoms with Gasteiger partial charge in [0.05, 0.1) is 54.7 Å². The van der Waals surface area contributed by atoms with Gasteiger partial charge in [0.2, 0.25) is 23.6 Å². The number of methoxy groups -OCH3 is 2. The predicted molar refractivity (Wildman–Crippen MR) is 291 cm³/mol. The number of thiazole rings is 1. The third-order valence-corrected chi connectivity index (χ3v) is 14.8. The van der Waals surface area contributed by atoms with Crippen molar-refractivity contribution in [2.45, 2.75) is 71.7 Å². The number of nitrogens with zero attached hydrogens (tertiary/aromatic N) is 7. The number of hydrogen-bond acceptors (Lipinski definition) is 15. The predicted octanol–water partition coefficient (Wildman–Crippen LogP) is 6.64. The monoisotopic (exact) mass is 1090 g/mol. The molecule has 5 aromatic rings. The SMILES string of the molecule is COc1cc(OC)c(Cl)c(NC(=O)N(C)c2cc(Nc3ccc(N4CCN(CC(=O)NCCC(=O)NC(C(=O)N5C[C@H](O)C[C@H]5C(=O)NC(C)c5ccc(-c6scnc6C)cc5)C(C)(C)C)CC4)cc3)ncn2)c1Cl. The summed E-state index contributed by atoms with van der Waals surface area (Å²) < 4.78 is 10.6. The van der Waals surface area contributed by atoms with Gasteiger partial charge in [-0.2, -0.15) is 0 Å². The Morgan fingerprint density at radius 1 is 0.893 bits per heavy atom. The normalized spacial score (nSPS) is 16.6. The van der Waals surface area contributed by atoms with Gasteiger partial charge in [-0.25, -0.2) is 19.7 Å². The number of amides is 6. The van der Waals surface area contributed by atoms with Gasteiger partial charge in [0.15, 0.2) is 0 Å². The number of ether oxygens (including phenoxy) is 2. The summed E-state index contributed by atoms with van der Waals surface area (Å²) in [7, 11) is 4.41. The maximum absolute atomic E-state index is 14.2. The first-order valence-electron chi connectivity index (χ1n) is 24.4. The Labute approximate surface area is 450 Å². The van der Waals surface area contributed by atoms with E-state index in [4.69, 9.17) is 32.7 Å². The third kappa shape index (κ3) is 13.9. The van der Waals surface area contributed by atoms with Gasteiger partial charge < -0.3 is 51.0 Å². The van der Waals surface area contributed by atoms with Crippen LogP contribution < -0.4 is 45.9 Å². The Hall–Kier alpha value is -6.78. The van der Waals surface area contributed by atoms with Crippen molar-refractivity contribution in [2.75, 3.05) is 87.5 Å². The number of nitrogens with one attached hydrogen (secondary N) is 5. The van der Waals surface area contributed by atoms with E-state index in [0.717, 1.165) is 33.1 Å². The summed E-state index contributed by atoms with van der Waals surface area (Å²) in [4.78, 5) is 88.4. The Morgan fingerprint density at radius 3 is 2.17 bits per heavy atom. The molecule has 23 heteroatoms. The molecule has 2 saturated heterocycles. The third-order valence-electron chi connectivity index (χ3n) is 13.1. The zero-order chi connectivity index (χ0) is 54.1. The van der Waals surface area contributed by atoms with Crippen LogP contribution in [0.1, 0.15) is 57.8 Å². The lowest BCUT2D eigenvalue weighted by Gasteiger charge is -2.36. The summed E-state index contributed by atoms with van der Waals surface area (Å²) in [5.74, 6) is -0.211. The smallest absolute Gasteiger partial charge is 0.327 e. The van der Waals surface area contributed by atoms with Crippen molar-refractivity contribution in [1.29, 1.82) is 0 Å². The van der Waals surface area contributed by atoms with Gasteiger partial charge in [-0.15, -0.1) is 11.3 Å². The van der Waals surface area contributed by atoms with Gasteiger partial charge in [0.25, 0.3) is 0 Å². The largest absolute Gasteiger partial charge is 0.495 e. The number of urea groups is 1. The number of carbonyl (C=O) groups excluding carboxylic acids is 5. The number of aliphatic hydroxyl groups is 1. The van der Waals surface area contributed by atoms with Crippen LogP contribution >= 0.6 is 34.5 Å². The van der Waals surface area contributed by atoms with Crippen molar-refractivity contribution >= 4 is 92.9 Å². The van der Waals surface area contributed by atoms with Gasteiger partial charge in [-0.1, -0.05) is 68.2 Å². The van der Waals surface area contributed by atoms with Crippen LogP contribution in [-0.2, 0) is 19.2 Å².